The first kappa shape index (κ1) is 16.6. The molecule has 21 heavy (non-hydrogen) atoms. The maximum atomic E-state index is 2.34. The number of benzene rings is 1. The van der Waals surface area contributed by atoms with E-state index >= 15 is 0 Å². The van der Waals surface area contributed by atoms with Crippen LogP contribution in [0, 0.1) is 11.3 Å². The lowest BCUT2D eigenvalue weighted by atomic mass is 9.65. The molecule has 118 valence electrons. The van der Waals surface area contributed by atoms with Crippen LogP contribution in [0.25, 0.3) is 0 Å². The monoisotopic (exact) mass is 286 g/mol. The average molecular weight is 287 g/mol. The summed E-state index contributed by atoms with van der Waals surface area (Å²) in [6, 6.07) is 11.1. The van der Waals surface area contributed by atoms with Gasteiger partial charge in [-0.3, -0.25) is 0 Å². The molecule has 1 saturated carbocycles. The van der Waals surface area contributed by atoms with Gasteiger partial charge in [-0.05, 0) is 61.8 Å². The SMILES string of the molecule is CCCCC1(CCCC)CCC(Cc2ccccc2)CC1. The summed E-state index contributed by atoms with van der Waals surface area (Å²) in [5, 5.41) is 0. The van der Waals surface area contributed by atoms with Gasteiger partial charge in [-0.1, -0.05) is 69.9 Å². The lowest BCUT2D eigenvalue weighted by Gasteiger charge is -2.41. The third-order valence-electron chi connectivity index (χ3n) is 5.65. The third-order valence-corrected chi connectivity index (χ3v) is 5.65. The molecule has 0 radical (unpaired) electrons. The fourth-order valence-corrected chi connectivity index (χ4v) is 4.17. The predicted molar refractivity (Wildman–Crippen MR) is 93.6 cm³/mol. The predicted octanol–water partition coefficient (Wildman–Crippen LogP) is 6.79. The van der Waals surface area contributed by atoms with Crippen molar-refractivity contribution in [3.63, 3.8) is 0 Å². The summed E-state index contributed by atoms with van der Waals surface area (Å²) in [6.45, 7) is 4.68. The summed E-state index contributed by atoms with van der Waals surface area (Å²) >= 11 is 0. The molecule has 1 fully saturated rings. The van der Waals surface area contributed by atoms with Gasteiger partial charge < -0.3 is 0 Å². The van der Waals surface area contributed by atoms with Crippen molar-refractivity contribution in [3.05, 3.63) is 35.9 Å². The Hall–Kier alpha value is -0.780. The van der Waals surface area contributed by atoms with Crippen molar-refractivity contribution in [2.24, 2.45) is 11.3 Å². The smallest absolute Gasteiger partial charge is 0.0250 e. The fraction of sp³-hybridized carbons (Fsp3) is 0.714. The Morgan fingerprint density at radius 1 is 0.905 bits per heavy atom. The molecule has 0 atom stereocenters. The number of hydrogen-bond donors (Lipinski definition) is 0. The van der Waals surface area contributed by atoms with Crippen LogP contribution in [0.1, 0.15) is 83.6 Å². The zero-order valence-electron chi connectivity index (χ0n) is 14.2. The van der Waals surface area contributed by atoms with Gasteiger partial charge in [0.2, 0.25) is 0 Å². The van der Waals surface area contributed by atoms with Crippen LogP contribution in [-0.4, -0.2) is 0 Å². The molecule has 0 heterocycles. The Bertz CT molecular complexity index is 360. The third kappa shape index (κ3) is 5.16. The molecular weight excluding hydrogens is 252 g/mol. The molecule has 0 heteroatoms. The van der Waals surface area contributed by atoms with Crippen LogP contribution in [-0.2, 0) is 6.42 Å². The summed E-state index contributed by atoms with van der Waals surface area (Å²) in [5.74, 6) is 0.934. The molecule has 0 N–H and O–H groups in total. The fourth-order valence-electron chi connectivity index (χ4n) is 4.17. The molecule has 0 aromatic heterocycles. The Kier molecular flexibility index (Phi) is 6.80. The van der Waals surface area contributed by atoms with Gasteiger partial charge in [0.1, 0.15) is 0 Å². The molecule has 2 rings (SSSR count). The Morgan fingerprint density at radius 2 is 1.48 bits per heavy atom. The van der Waals surface area contributed by atoms with E-state index in [4.69, 9.17) is 0 Å². The number of unbranched alkanes of at least 4 members (excludes halogenated alkanes) is 2. The molecule has 0 nitrogen and oxygen atoms in total. The number of hydrogen-bond acceptors (Lipinski definition) is 0. The standard InChI is InChI=1S/C21H34/c1-3-5-14-21(15-6-4-2)16-12-20(13-17-21)18-19-10-8-7-9-11-19/h7-11,20H,3-6,12-18H2,1-2H3. The van der Waals surface area contributed by atoms with Crippen molar-refractivity contribution in [1.82, 2.24) is 0 Å². The van der Waals surface area contributed by atoms with E-state index in [0.717, 1.165) is 5.92 Å². The van der Waals surface area contributed by atoms with Crippen molar-refractivity contribution < 1.29 is 0 Å². The summed E-state index contributed by atoms with van der Waals surface area (Å²) in [6.07, 6.45) is 15.8. The highest BCUT2D eigenvalue weighted by atomic mass is 14.4. The molecule has 1 aliphatic carbocycles. The highest BCUT2D eigenvalue weighted by Gasteiger charge is 2.33. The van der Waals surface area contributed by atoms with Crippen LogP contribution >= 0.6 is 0 Å². The molecule has 0 amide bonds. The molecule has 0 bridgehead atoms. The van der Waals surface area contributed by atoms with Crippen molar-refractivity contribution >= 4 is 0 Å². The highest BCUT2D eigenvalue weighted by molar-refractivity contribution is 5.15. The van der Waals surface area contributed by atoms with E-state index in [1.165, 1.54) is 76.2 Å². The second-order valence-electron chi connectivity index (χ2n) is 7.34. The molecule has 1 aromatic carbocycles. The molecule has 1 aromatic rings. The normalized spacial score (nSPS) is 18.8. The zero-order chi connectivity index (χ0) is 15.0. The van der Waals surface area contributed by atoms with Gasteiger partial charge in [-0.15, -0.1) is 0 Å². The Labute approximate surface area is 132 Å². The summed E-state index contributed by atoms with van der Waals surface area (Å²) < 4.78 is 0. The molecule has 0 aliphatic heterocycles. The van der Waals surface area contributed by atoms with Crippen molar-refractivity contribution in [3.8, 4) is 0 Å². The second kappa shape index (κ2) is 8.61. The van der Waals surface area contributed by atoms with Crippen LogP contribution in [0.5, 0.6) is 0 Å². The van der Waals surface area contributed by atoms with Gasteiger partial charge >= 0.3 is 0 Å². The lowest BCUT2D eigenvalue weighted by molar-refractivity contribution is 0.117. The first-order chi connectivity index (χ1) is 10.3. The minimum absolute atomic E-state index is 0.708. The quantitative estimate of drug-likeness (QED) is 0.493. The van der Waals surface area contributed by atoms with Crippen LogP contribution in [0.3, 0.4) is 0 Å². The maximum Gasteiger partial charge on any atom is -0.0250 e. The Balaban J connectivity index is 1.86. The van der Waals surface area contributed by atoms with Crippen LogP contribution in [0.15, 0.2) is 30.3 Å². The average Bonchev–Trinajstić information content (AvgIpc) is 2.54. The van der Waals surface area contributed by atoms with E-state index in [1.54, 1.807) is 0 Å². The van der Waals surface area contributed by atoms with Crippen LogP contribution < -0.4 is 0 Å². The van der Waals surface area contributed by atoms with Gasteiger partial charge in [0.05, 0.1) is 0 Å². The largest absolute Gasteiger partial charge is 0.0654 e. The van der Waals surface area contributed by atoms with Crippen LogP contribution in [0.2, 0.25) is 0 Å². The lowest BCUT2D eigenvalue weighted by Crippen LogP contribution is -2.28. The molecule has 0 saturated heterocycles. The molecular formula is C21H34. The van der Waals surface area contributed by atoms with Gasteiger partial charge in [0.15, 0.2) is 0 Å². The first-order valence-electron chi connectivity index (χ1n) is 9.32. The van der Waals surface area contributed by atoms with E-state index in [2.05, 4.69) is 44.2 Å². The van der Waals surface area contributed by atoms with Crippen molar-refractivity contribution in [2.45, 2.75) is 84.5 Å². The summed E-state index contributed by atoms with van der Waals surface area (Å²) in [4.78, 5) is 0. The zero-order valence-corrected chi connectivity index (χ0v) is 14.2. The van der Waals surface area contributed by atoms with E-state index in [1.807, 2.05) is 0 Å². The highest BCUT2D eigenvalue weighted by Crippen LogP contribution is 2.46. The molecule has 0 spiro atoms. The molecule has 0 unspecified atom stereocenters. The minimum Gasteiger partial charge on any atom is -0.0654 e. The second-order valence-corrected chi connectivity index (χ2v) is 7.34. The number of rotatable bonds is 8. The van der Waals surface area contributed by atoms with E-state index in [9.17, 15) is 0 Å². The Morgan fingerprint density at radius 3 is 2.00 bits per heavy atom. The van der Waals surface area contributed by atoms with E-state index in [-0.39, 0.29) is 0 Å². The summed E-state index contributed by atoms with van der Waals surface area (Å²) in [5.41, 5.74) is 2.25. The maximum absolute atomic E-state index is 2.34. The molecule has 1 aliphatic rings. The van der Waals surface area contributed by atoms with Crippen LogP contribution in [0.4, 0.5) is 0 Å². The van der Waals surface area contributed by atoms with Crippen molar-refractivity contribution in [2.75, 3.05) is 0 Å². The van der Waals surface area contributed by atoms with Crippen molar-refractivity contribution in [1.29, 1.82) is 0 Å². The first-order valence-corrected chi connectivity index (χ1v) is 9.32. The van der Waals surface area contributed by atoms with Gasteiger partial charge in [0.25, 0.3) is 0 Å². The summed E-state index contributed by atoms with van der Waals surface area (Å²) in [7, 11) is 0. The minimum atomic E-state index is 0.708. The van der Waals surface area contributed by atoms with Gasteiger partial charge in [0, 0.05) is 0 Å². The van der Waals surface area contributed by atoms with E-state index < -0.39 is 0 Å². The topological polar surface area (TPSA) is 0 Å². The van der Waals surface area contributed by atoms with Gasteiger partial charge in [-0.2, -0.15) is 0 Å². The van der Waals surface area contributed by atoms with Gasteiger partial charge in [-0.25, -0.2) is 0 Å². The van der Waals surface area contributed by atoms with E-state index in [0.29, 0.717) is 5.41 Å².